The van der Waals surface area contributed by atoms with Gasteiger partial charge >= 0.3 is 5.16 Å². The van der Waals surface area contributed by atoms with E-state index in [4.69, 9.17) is 4.42 Å². The van der Waals surface area contributed by atoms with Crippen molar-refractivity contribution in [1.82, 2.24) is 10.4 Å². The molecule has 0 fully saturated rings. The number of thioether (sulfide) groups is 1. The third-order valence-corrected chi connectivity index (χ3v) is 3.59. The second-order valence-corrected chi connectivity index (χ2v) is 5.21. The summed E-state index contributed by atoms with van der Waals surface area (Å²) in [6.45, 7) is 0. The molecule has 3 N–H and O–H groups in total. The van der Waals surface area contributed by atoms with Crippen LogP contribution >= 0.6 is 11.8 Å². The Bertz CT molecular complexity index is 731. The summed E-state index contributed by atoms with van der Waals surface area (Å²) < 4.78 is 5.06. The van der Waals surface area contributed by atoms with Crippen LogP contribution in [0.15, 0.2) is 57.3 Å². The fraction of sp³-hybridized carbons (Fsp3) is 0.0714. The number of carbonyl (C=O) groups excluding carboxylic acids is 1. The average Bonchev–Trinajstić information content (AvgIpc) is 3.13. The van der Waals surface area contributed by atoms with Crippen molar-refractivity contribution in [3.8, 4) is 0 Å². The van der Waals surface area contributed by atoms with Crippen LogP contribution in [-0.4, -0.2) is 22.9 Å². The lowest BCUT2D eigenvalue weighted by Crippen LogP contribution is -2.20. The van der Waals surface area contributed by atoms with Crippen molar-refractivity contribution < 1.29 is 14.2 Å². The fourth-order valence-corrected chi connectivity index (χ4v) is 2.46. The zero-order chi connectivity index (χ0) is 14.5. The minimum Gasteiger partial charge on any atom is -0.463 e. The van der Waals surface area contributed by atoms with Gasteiger partial charge in [-0.1, -0.05) is 12.1 Å². The quantitative estimate of drug-likeness (QED) is 0.428. The Balaban J connectivity index is 1.51. The third-order valence-electron chi connectivity index (χ3n) is 2.70. The zero-order valence-electron chi connectivity index (χ0n) is 11.0. The molecule has 0 aliphatic rings. The van der Waals surface area contributed by atoms with Gasteiger partial charge in [-0.3, -0.25) is 4.79 Å². The van der Waals surface area contributed by atoms with Crippen LogP contribution in [0.3, 0.4) is 0 Å². The first-order chi connectivity index (χ1) is 10.3. The molecular formula is C14H13N4O2S+. The standard InChI is InChI=1S/C14H12N4O2S/c19-13(18-15-8-10-4-3-7-20-10)9-21-14-16-11-5-1-2-6-12(11)17-14/h1-8H,9H2,(H,16,17)(H,18,19)/p+1. The fourth-order valence-electron chi connectivity index (χ4n) is 1.75. The Hall–Kier alpha value is -2.54. The Labute approximate surface area is 124 Å². The molecule has 0 spiro atoms. The maximum absolute atomic E-state index is 11.7. The molecule has 0 radical (unpaired) electrons. The lowest BCUT2D eigenvalue weighted by Gasteiger charge is -1.94. The number of amides is 1. The number of rotatable bonds is 5. The number of benzene rings is 1. The van der Waals surface area contributed by atoms with Gasteiger partial charge in [0.05, 0.1) is 18.2 Å². The summed E-state index contributed by atoms with van der Waals surface area (Å²) in [6, 6.07) is 11.4. The highest BCUT2D eigenvalue weighted by molar-refractivity contribution is 7.99. The van der Waals surface area contributed by atoms with Gasteiger partial charge < -0.3 is 4.42 Å². The number of hydrogen-bond acceptors (Lipinski definition) is 4. The molecule has 0 aliphatic heterocycles. The maximum Gasteiger partial charge on any atom is 0.315 e. The molecule has 7 heteroatoms. The van der Waals surface area contributed by atoms with Crippen LogP contribution in [0.1, 0.15) is 5.76 Å². The highest BCUT2D eigenvalue weighted by Gasteiger charge is 2.11. The molecule has 0 bridgehead atoms. The Morgan fingerprint density at radius 1 is 1.38 bits per heavy atom. The molecule has 6 nitrogen and oxygen atoms in total. The number of hydrazone groups is 1. The van der Waals surface area contributed by atoms with Gasteiger partial charge in [-0.2, -0.15) is 5.10 Å². The van der Waals surface area contributed by atoms with Crippen molar-refractivity contribution in [2.45, 2.75) is 5.16 Å². The third kappa shape index (κ3) is 3.51. The largest absolute Gasteiger partial charge is 0.463 e. The maximum atomic E-state index is 11.7. The Morgan fingerprint density at radius 2 is 2.29 bits per heavy atom. The van der Waals surface area contributed by atoms with Gasteiger partial charge in [0.15, 0.2) is 11.0 Å². The molecule has 21 heavy (non-hydrogen) atoms. The van der Waals surface area contributed by atoms with Crippen molar-refractivity contribution >= 4 is 34.9 Å². The van der Waals surface area contributed by atoms with Crippen LogP contribution in [0.4, 0.5) is 0 Å². The van der Waals surface area contributed by atoms with E-state index in [1.165, 1.54) is 18.0 Å². The highest BCUT2D eigenvalue weighted by atomic mass is 32.2. The monoisotopic (exact) mass is 301 g/mol. The van der Waals surface area contributed by atoms with E-state index in [1.54, 1.807) is 18.4 Å². The minimum atomic E-state index is -0.185. The number of nitrogens with one attached hydrogen (secondary N) is 3. The predicted octanol–water partition coefficient (Wildman–Crippen LogP) is 1.82. The summed E-state index contributed by atoms with van der Waals surface area (Å²) in [7, 11) is 0. The van der Waals surface area contributed by atoms with Gasteiger partial charge in [-0.25, -0.2) is 15.4 Å². The van der Waals surface area contributed by atoms with Crippen LogP contribution in [0, 0.1) is 0 Å². The van der Waals surface area contributed by atoms with Crippen LogP contribution in [0.2, 0.25) is 0 Å². The van der Waals surface area contributed by atoms with Crippen LogP contribution in [0.25, 0.3) is 11.0 Å². The van der Waals surface area contributed by atoms with E-state index in [0.717, 1.165) is 16.2 Å². The van der Waals surface area contributed by atoms with E-state index in [-0.39, 0.29) is 11.7 Å². The summed E-state index contributed by atoms with van der Waals surface area (Å²) in [5.41, 5.74) is 4.47. The second-order valence-electron chi connectivity index (χ2n) is 4.22. The number of furan rings is 1. The molecule has 2 aromatic heterocycles. The minimum absolute atomic E-state index is 0.185. The number of aromatic nitrogens is 2. The van der Waals surface area contributed by atoms with E-state index in [1.807, 2.05) is 24.3 Å². The van der Waals surface area contributed by atoms with Crippen LogP contribution in [-0.2, 0) is 4.79 Å². The van der Waals surface area contributed by atoms with Crippen LogP contribution in [0.5, 0.6) is 0 Å². The number of H-pyrrole nitrogens is 2. The van der Waals surface area contributed by atoms with Crippen molar-refractivity contribution in [3.05, 3.63) is 48.4 Å². The van der Waals surface area contributed by atoms with Gasteiger partial charge in [-0.05, 0) is 36.0 Å². The van der Waals surface area contributed by atoms with Gasteiger partial charge in [0, 0.05) is 0 Å². The summed E-state index contributed by atoms with van der Waals surface area (Å²) in [5.74, 6) is 0.667. The molecule has 2 heterocycles. The van der Waals surface area contributed by atoms with Crippen LogP contribution < -0.4 is 10.4 Å². The van der Waals surface area contributed by atoms with E-state index >= 15 is 0 Å². The zero-order valence-corrected chi connectivity index (χ0v) is 11.8. The average molecular weight is 301 g/mol. The smallest absolute Gasteiger partial charge is 0.315 e. The number of nitrogens with zero attached hydrogens (tertiary/aromatic N) is 1. The molecule has 1 aromatic carbocycles. The molecular weight excluding hydrogens is 288 g/mol. The summed E-state index contributed by atoms with van der Waals surface area (Å²) in [5, 5.41) is 4.65. The summed E-state index contributed by atoms with van der Waals surface area (Å²) >= 11 is 1.38. The second kappa shape index (κ2) is 6.27. The van der Waals surface area contributed by atoms with Crippen molar-refractivity contribution in [2.24, 2.45) is 5.10 Å². The Morgan fingerprint density at radius 3 is 3.10 bits per heavy atom. The molecule has 3 rings (SSSR count). The normalized spacial score (nSPS) is 11.2. The number of para-hydroxylation sites is 2. The van der Waals surface area contributed by atoms with Gasteiger partial charge in [0.25, 0.3) is 5.91 Å². The van der Waals surface area contributed by atoms with E-state index in [2.05, 4.69) is 20.5 Å². The first kappa shape index (κ1) is 13.4. The molecule has 3 aromatic rings. The van der Waals surface area contributed by atoms with Crippen molar-refractivity contribution in [2.75, 3.05) is 5.75 Å². The van der Waals surface area contributed by atoms with E-state index < -0.39 is 0 Å². The van der Waals surface area contributed by atoms with Crippen molar-refractivity contribution in [1.29, 1.82) is 0 Å². The molecule has 0 aliphatic carbocycles. The van der Waals surface area contributed by atoms with Gasteiger partial charge in [0.1, 0.15) is 5.76 Å². The lowest BCUT2D eigenvalue weighted by molar-refractivity contribution is -0.396. The number of imidazole rings is 1. The Kier molecular flexibility index (Phi) is 4.02. The van der Waals surface area contributed by atoms with E-state index in [9.17, 15) is 4.79 Å². The predicted molar refractivity (Wildman–Crippen MR) is 80.0 cm³/mol. The summed E-state index contributed by atoms with van der Waals surface area (Å²) in [4.78, 5) is 18.1. The number of fused-ring (bicyclic) bond motifs is 1. The van der Waals surface area contributed by atoms with E-state index in [0.29, 0.717) is 5.76 Å². The first-order valence-corrected chi connectivity index (χ1v) is 7.28. The molecule has 0 unspecified atom stereocenters. The topological polar surface area (TPSA) is 84.5 Å². The SMILES string of the molecule is O=C(CSc1[nH]c2ccccc2[nH+]1)NN=Cc1ccco1. The number of carbonyl (C=O) groups is 1. The molecule has 0 atom stereocenters. The lowest BCUT2D eigenvalue weighted by atomic mass is 10.3. The molecule has 0 saturated heterocycles. The number of aromatic amines is 2. The van der Waals surface area contributed by atoms with Gasteiger partial charge in [0.2, 0.25) is 0 Å². The highest BCUT2D eigenvalue weighted by Crippen LogP contribution is 2.14. The van der Waals surface area contributed by atoms with Gasteiger partial charge in [-0.15, -0.1) is 0 Å². The number of hydrogen-bond donors (Lipinski definition) is 2. The summed E-state index contributed by atoms with van der Waals surface area (Å²) in [6.07, 6.45) is 3.00. The molecule has 0 saturated carbocycles. The van der Waals surface area contributed by atoms with Crippen molar-refractivity contribution in [3.63, 3.8) is 0 Å². The molecule has 1 amide bonds. The first-order valence-electron chi connectivity index (χ1n) is 6.29. The molecule has 106 valence electrons.